The maximum absolute atomic E-state index is 13.0. The van der Waals surface area contributed by atoms with Crippen molar-refractivity contribution < 1.29 is 14.6 Å². The van der Waals surface area contributed by atoms with Crippen molar-refractivity contribution in [2.75, 3.05) is 6.61 Å². The summed E-state index contributed by atoms with van der Waals surface area (Å²) in [6.07, 6.45) is 4.03. The van der Waals surface area contributed by atoms with Crippen molar-refractivity contribution in [2.24, 2.45) is 0 Å². The Kier molecular flexibility index (Phi) is 4.90. The summed E-state index contributed by atoms with van der Waals surface area (Å²) < 4.78 is 5.94. The third-order valence-corrected chi connectivity index (χ3v) is 5.11. The first-order chi connectivity index (χ1) is 12.3. The number of hydrogen-bond donors (Lipinski definition) is 1. The van der Waals surface area contributed by atoms with E-state index in [1.54, 1.807) is 12.1 Å². The van der Waals surface area contributed by atoms with Gasteiger partial charge in [0.1, 0.15) is 11.5 Å². The largest absolute Gasteiger partial charge is 0.508 e. The number of fused-ring (bicyclic) bond motifs is 1. The lowest BCUT2D eigenvalue weighted by Gasteiger charge is -2.22. The van der Waals surface area contributed by atoms with E-state index < -0.39 is 0 Å². The number of aryl methyl sites for hydroxylation is 1. The summed E-state index contributed by atoms with van der Waals surface area (Å²) in [5.41, 5.74) is 4.06. The van der Waals surface area contributed by atoms with Gasteiger partial charge in [0.2, 0.25) is 0 Å². The second kappa shape index (κ2) is 6.99. The molecule has 0 saturated heterocycles. The summed E-state index contributed by atoms with van der Waals surface area (Å²) in [6, 6.07) is 10.9. The molecule has 0 aliphatic heterocycles. The maximum Gasteiger partial charge on any atom is 0.190 e. The molecule has 0 aromatic heterocycles. The molecule has 0 atom stereocenters. The number of allylic oxidation sites excluding steroid dienone is 1. The van der Waals surface area contributed by atoms with Gasteiger partial charge in [-0.3, -0.25) is 4.79 Å². The summed E-state index contributed by atoms with van der Waals surface area (Å²) in [7, 11) is 0. The number of unbranched alkanes of at least 4 members (excludes halogenated alkanes) is 1. The van der Waals surface area contributed by atoms with Crippen LogP contribution in [0.3, 0.4) is 0 Å². The van der Waals surface area contributed by atoms with Crippen molar-refractivity contribution in [3.05, 3.63) is 64.2 Å². The Labute approximate surface area is 155 Å². The molecule has 26 heavy (non-hydrogen) atoms. The van der Waals surface area contributed by atoms with Crippen LogP contribution in [-0.4, -0.2) is 17.5 Å². The zero-order valence-electron chi connectivity index (χ0n) is 15.9. The Morgan fingerprint density at radius 2 is 1.85 bits per heavy atom. The van der Waals surface area contributed by atoms with Crippen LogP contribution in [0.25, 0.3) is 6.08 Å². The number of Topliss-reactive ketones (excluding diaryl/α,β-unsaturated/α-hetero) is 1. The number of ether oxygens (including phenoxy) is 1. The predicted octanol–water partition coefficient (Wildman–Crippen LogP) is 5.44. The molecule has 0 heterocycles. The van der Waals surface area contributed by atoms with Gasteiger partial charge in [-0.25, -0.2) is 0 Å². The lowest BCUT2D eigenvalue weighted by molar-refractivity contribution is 0.103. The molecule has 1 N–H and O–H groups in total. The minimum atomic E-state index is -0.388. The normalized spacial score (nSPS) is 16.8. The number of phenols is 1. The molecule has 1 aliphatic rings. The van der Waals surface area contributed by atoms with E-state index in [-0.39, 0.29) is 16.9 Å². The lowest BCUT2D eigenvalue weighted by atomic mass is 9.81. The van der Waals surface area contributed by atoms with Crippen LogP contribution in [0, 0.1) is 6.92 Å². The van der Waals surface area contributed by atoms with Gasteiger partial charge in [0.15, 0.2) is 5.78 Å². The van der Waals surface area contributed by atoms with Gasteiger partial charge in [0.05, 0.1) is 6.61 Å². The number of ketones is 1. The van der Waals surface area contributed by atoms with E-state index in [1.807, 2.05) is 37.3 Å². The number of benzene rings is 2. The van der Waals surface area contributed by atoms with Crippen molar-refractivity contribution in [2.45, 2.75) is 46.0 Å². The van der Waals surface area contributed by atoms with Crippen LogP contribution in [0.15, 0.2) is 42.0 Å². The van der Waals surface area contributed by atoms with Crippen LogP contribution in [0.4, 0.5) is 0 Å². The number of carbonyl (C=O) groups excluding carboxylic acids is 1. The molecule has 3 rings (SSSR count). The first-order valence-electron chi connectivity index (χ1n) is 9.18. The molecular weight excluding hydrogens is 324 g/mol. The van der Waals surface area contributed by atoms with Gasteiger partial charge in [-0.1, -0.05) is 39.3 Å². The third-order valence-electron chi connectivity index (χ3n) is 5.11. The molecule has 0 fully saturated rings. The molecule has 3 nitrogen and oxygen atoms in total. The molecule has 0 bridgehead atoms. The number of rotatable bonds is 5. The predicted molar refractivity (Wildman–Crippen MR) is 105 cm³/mol. The second-order valence-corrected chi connectivity index (χ2v) is 7.47. The quantitative estimate of drug-likeness (QED) is 0.577. The van der Waals surface area contributed by atoms with E-state index >= 15 is 0 Å². The Hall–Kier alpha value is -2.55. The van der Waals surface area contributed by atoms with E-state index in [0.29, 0.717) is 6.61 Å². The van der Waals surface area contributed by atoms with Gasteiger partial charge >= 0.3 is 0 Å². The molecule has 2 aromatic rings. The molecule has 0 amide bonds. The zero-order chi connectivity index (χ0) is 18.9. The molecule has 0 saturated carbocycles. The van der Waals surface area contributed by atoms with Crippen LogP contribution in [0.1, 0.15) is 60.7 Å². The second-order valence-electron chi connectivity index (χ2n) is 7.47. The van der Waals surface area contributed by atoms with E-state index in [9.17, 15) is 9.90 Å². The summed E-state index contributed by atoms with van der Waals surface area (Å²) in [5.74, 6) is 1.15. The number of aromatic hydroxyl groups is 1. The molecule has 1 aliphatic carbocycles. The maximum atomic E-state index is 13.0. The molecule has 2 aromatic carbocycles. The SMILES string of the molecule is CCCCOc1cc2c(cc1C)C(=O)/C(=C\c1ccc(O)cc1)C2(C)C. The Morgan fingerprint density at radius 1 is 1.15 bits per heavy atom. The first-order valence-corrected chi connectivity index (χ1v) is 9.18. The standard InChI is InChI=1S/C23H26O3/c1-5-6-11-26-21-14-19-18(12-15(21)2)22(25)20(23(19,3)4)13-16-7-9-17(24)10-8-16/h7-10,12-14,24H,5-6,11H2,1-4H3/b20-13+. The molecule has 0 unspecified atom stereocenters. The van der Waals surface area contributed by atoms with Crippen LogP contribution < -0.4 is 4.74 Å². The molecule has 0 spiro atoms. The first kappa shape index (κ1) is 18.2. The zero-order valence-corrected chi connectivity index (χ0v) is 15.9. The van der Waals surface area contributed by atoms with Gasteiger partial charge in [-0.15, -0.1) is 0 Å². The highest BCUT2D eigenvalue weighted by Crippen LogP contribution is 2.45. The van der Waals surface area contributed by atoms with Gasteiger partial charge in [-0.2, -0.15) is 0 Å². The van der Waals surface area contributed by atoms with E-state index in [0.717, 1.165) is 46.4 Å². The summed E-state index contributed by atoms with van der Waals surface area (Å²) in [6.45, 7) is 8.98. The fraction of sp³-hybridized carbons (Fsp3) is 0.348. The van der Waals surface area contributed by atoms with Gasteiger partial charge in [0.25, 0.3) is 0 Å². The van der Waals surface area contributed by atoms with E-state index in [2.05, 4.69) is 20.8 Å². The Morgan fingerprint density at radius 3 is 2.50 bits per heavy atom. The topological polar surface area (TPSA) is 46.5 Å². The third kappa shape index (κ3) is 3.26. The Balaban J connectivity index is 2.01. The summed E-state index contributed by atoms with van der Waals surface area (Å²) in [4.78, 5) is 13.0. The summed E-state index contributed by atoms with van der Waals surface area (Å²) >= 11 is 0. The average Bonchev–Trinajstić information content (AvgIpc) is 2.78. The molecular formula is C23H26O3. The van der Waals surface area contributed by atoms with Gasteiger partial charge < -0.3 is 9.84 Å². The average molecular weight is 350 g/mol. The minimum absolute atomic E-state index is 0.0706. The lowest BCUT2D eigenvalue weighted by Crippen LogP contribution is -2.17. The van der Waals surface area contributed by atoms with Crippen molar-refractivity contribution in [1.82, 2.24) is 0 Å². The van der Waals surface area contributed by atoms with Crippen molar-refractivity contribution in [3.63, 3.8) is 0 Å². The Bertz CT molecular complexity index is 858. The van der Waals surface area contributed by atoms with Crippen LogP contribution in [-0.2, 0) is 5.41 Å². The summed E-state index contributed by atoms with van der Waals surface area (Å²) in [5, 5.41) is 9.46. The molecule has 0 radical (unpaired) electrons. The van der Waals surface area contributed by atoms with E-state index in [4.69, 9.17) is 4.74 Å². The van der Waals surface area contributed by atoms with Gasteiger partial charge in [-0.05, 0) is 60.4 Å². The smallest absolute Gasteiger partial charge is 0.190 e. The van der Waals surface area contributed by atoms with E-state index in [1.165, 1.54) is 0 Å². The highest BCUT2D eigenvalue weighted by Gasteiger charge is 2.41. The highest BCUT2D eigenvalue weighted by atomic mass is 16.5. The number of carbonyl (C=O) groups is 1. The fourth-order valence-electron chi connectivity index (χ4n) is 3.43. The highest BCUT2D eigenvalue weighted by molar-refractivity contribution is 6.17. The van der Waals surface area contributed by atoms with Crippen LogP contribution >= 0.6 is 0 Å². The van der Waals surface area contributed by atoms with Crippen LogP contribution in [0.5, 0.6) is 11.5 Å². The van der Waals surface area contributed by atoms with Crippen molar-refractivity contribution >= 4 is 11.9 Å². The molecule has 3 heteroatoms. The minimum Gasteiger partial charge on any atom is -0.508 e. The molecule has 136 valence electrons. The van der Waals surface area contributed by atoms with Crippen molar-refractivity contribution in [1.29, 1.82) is 0 Å². The van der Waals surface area contributed by atoms with Gasteiger partial charge in [0, 0.05) is 16.6 Å². The van der Waals surface area contributed by atoms with Crippen molar-refractivity contribution in [3.8, 4) is 11.5 Å². The fourth-order valence-corrected chi connectivity index (χ4v) is 3.43. The van der Waals surface area contributed by atoms with Crippen LogP contribution in [0.2, 0.25) is 0 Å². The number of phenolic OH excluding ortho intramolecular Hbond substituents is 1. The number of hydrogen-bond acceptors (Lipinski definition) is 3. The monoisotopic (exact) mass is 350 g/mol.